The van der Waals surface area contributed by atoms with Gasteiger partial charge in [-0.05, 0) is 23.6 Å². The fourth-order valence-corrected chi connectivity index (χ4v) is 3.95. The predicted octanol–water partition coefficient (Wildman–Crippen LogP) is 3.30. The van der Waals surface area contributed by atoms with Gasteiger partial charge < -0.3 is 4.98 Å². The van der Waals surface area contributed by atoms with E-state index in [9.17, 15) is 13.2 Å². The minimum atomic E-state index is -3.72. The second kappa shape index (κ2) is 6.97. The predicted molar refractivity (Wildman–Crippen MR) is 112 cm³/mol. The van der Waals surface area contributed by atoms with Gasteiger partial charge in [-0.3, -0.25) is 4.79 Å². The molecule has 2 heterocycles. The fraction of sp³-hybridized carbons (Fsp3) is 0.190. The number of nitrogens with zero attached hydrogens (tertiary/aromatic N) is 3. The van der Waals surface area contributed by atoms with E-state index in [1.165, 1.54) is 10.2 Å². The first kappa shape index (κ1) is 19.1. The number of H-pyrrole nitrogens is 1. The summed E-state index contributed by atoms with van der Waals surface area (Å²) in [6, 6.07) is 16.8. The van der Waals surface area contributed by atoms with E-state index in [4.69, 9.17) is 0 Å². The molecule has 0 radical (unpaired) electrons. The van der Waals surface area contributed by atoms with E-state index >= 15 is 0 Å². The normalized spacial score (nSPS) is 12.0. The van der Waals surface area contributed by atoms with E-state index in [0.29, 0.717) is 17.4 Å². The summed E-state index contributed by atoms with van der Waals surface area (Å²) in [5.41, 5.74) is 2.18. The number of hydrogen-bond acceptors (Lipinski definition) is 5. The summed E-state index contributed by atoms with van der Waals surface area (Å²) < 4.78 is 25.9. The summed E-state index contributed by atoms with van der Waals surface area (Å²) >= 11 is 0. The zero-order valence-electron chi connectivity index (χ0n) is 16.2. The number of nitrogens with one attached hydrogen (secondary N) is 1. The lowest BCUT2D eigenvalue weighted by Gasteiger charge is -2.07. The Bertz CT molecular complexity index is 1350. The highest BCUT2D eigenvalue weighted by Gasteiger charge is 2.24. The smallest absolute Gasteiger partial charge is 0.263 e. The first-order valence-electron chi connectivity index (χ1n) is 9.14. The molecule has 0 atom stereocenters. The lowest BCUT2D eigenvalue weighted by atomic mass is 10.0. The highest BCUT2D eigenvalue weighted by Crippen LogP contribution is 2.24. The minimum absolute atomic E-state index is 0.0427. The van der Waals surface area contributed by atoms with Crippen LogP contribution >= 0.6 is 0 Å². The van der Waals surface area contributed by atoms with Gasteiger partial charge in [0.05, 0.1) is 5.69 Å². The molecule has 0 spiro atoms. The van der Waals surface area contributed by atoms with Gasteiger partial charge in [0.15, 0.2) is 20.5 Å². The molecule has 1 N–H and O–H groups in total. The molecule has 4 rings (SSSR count). The van der Waals surface area contributed by atoms with Crippen molar-refractivity contribution in [3.8, 4) is 17.1 Å². The first-order chi connectivity index (χ1) is 13.8. The number of fused-ring (bicyclic) bond motifs is 1. The minimum Gasteiger partial charge on any atom is -0.306 e. The summed E-state index contributed by atoms with van der Waals surface area (Å²) in [5, 5.41) is 3.88. The van der Waals surface area contributed by atoms with Gasteiger partial charge in [0.2, 0.25) is 0 Å². The Hall–Kier alpha value is -3.26. The van der Waals surface area contributed by atoms with Gasteiger partial charge in [-0.15, -0.1) is 0 Å². The van der Waals surface area contributed by atoms with Gasteiger partial charge in [-0.25, -0.2) is 18.1 Å². The number of hydrogen-bond donors (Lipinski definition) is 1. The summed E-state index contributed by atoms with van der Waals surface area (Å²) in [6.45, 7) is 4.21. The molecule has 0 unspecified atom stereocenters. The third kappa shape index (κ3) is 3.47. The van der Waals surface area contributed by atoms with Crippen LogP contribution in [0.5, 0.6) is 0 Å². The first-order valence-corrected chi connectivity index (χ1v) is 11.0. The van der Waals surface area contributed by atoms with Gasteiger partial charge in [0.25, 0.3) is 5.56 Å². The Kier molecular flexibility index (Phi) is 4.58. The molecule has 0 bridgehead atoms. The topological polar surface area (TPSA) is 97.7 Å². The molecular weight excluding hydrogens is 388 g/mol. The standard InChI is InChI=1S/C21H20N4O3S/c1-13(2)14-9-11-15(12-10-14)18-22-19-17(20(26)23-18)21(29(3,27)28)24-25(19)16-7-5-4-6-8-16/h4-13H,1-3H3,(H,22,23,26). The third-order valence-electron chi connectivity index (χ3n) is 4.71. The highest BCUT2D eigenvalue weighted by atomic mass is 32.2. The second-order valence-electron chi connectivity index (χ2n) is 7.21. The Labute approximate surface area is 168 Å². The molecular formula is C21H20N4O3S. The van der Waals surface area contributed by atoms with Crippen molar-refractivity contribution in [3.05, 3.63) is 70.5 Å². The van der Waals surface area contributed by atoms with Crippen LogP contribution in [-0.2, 0) is 9.84 Å². The van der Waals surface area contributed by atoms with Gasteiger partial charge in [0, 0.05) is 11.8 Å². The van der Waals surface area contributed by atoms with Crippen LogP contribution in [0.25, 0.3) is 28.1 Å². The maximum atomic E-state index is 12.8. The van der Waals surface area contributed by atoms with Crippen molar-refractivity contribution in [1.29, 1.82) is 0 Å². The third-order valence-corrected chi connectivity index (χ3v) is 5.70. The molecule has 0 fully saturated rings. The quantitative estimate of drug-likeness (QED) is 0.559. The molecule has 29 heavy (non-hydrogen) atoms. The lowest BCUT2D eigenvalue weighted by Crippen LogP contribution is -2.12. The van der Waals surface area contributed by atoms with Crippen LogP contribution in [0.2, 0.25) is 0 Å². The van der Waals surface area contributed by atoms with Gasteiger partial charge >= 0.3 is 0 Å². The van der Waals surface area contributed by atoms with Crippen molar-refractivity contribution < 1.29 is 8.42 Å². The number of aromatic nitrogens is 4. The van der Waals surface area contributed by atoms with Crippen molar-refractivity contribution in [2.24, 2.45) is 0 Å². The van der Waals surface area contributed by atoms with E-state index in [0.717, 1.165) is 11.8 Å². The van der Waals surface area contributed by atoms with Gasteiger partial charge in [-0.1, -0.05) is 56.3 Å². The summed E-state index contributed by atoms with van der Waals surface area (Å²) in [6.07, 6.45) is 1.03. The molecule has 0 aliphatic carbocycles. The zero-order valence-corrected chi connectivity index (χ0v) is 17.1. The van der Waals surface area contributed by atoms with Crippen LogP contribution in [0.4, 0.5) is 0 Å². The number of para-hydroxylation sites is 1. The van der Waals surface area contributed by atoms with Crippen LogP contribution in [0.3, 0.4) is 0 Å². The van der Waals surface area contributed by atoms with Crippen molar-refractivity contribution in [3.63, 3.8) is 0 Å². The van der Waals surface area contributed by atoms with Crippen molar-refractivity contribution in [2.45, 2.75) is 24.8 Å². The number of rotatable bonds is 4. The fourth-order valence-electron chi connectivity index (χ4n) is 3.17. The molecule has 7 nitrogen and oxygen atoms in total. The molecule has 2 aromatic carbocycles. The lowest BCUT2D eigenvalue weighted by molar-refractivity contribution is 0.597. The summed E-state index contributed by atoms with van der Waals surface area (Å²) in [4.78, 5) is 20.1. The van der Waals surface area contributed by atoms with Crippen LogP contribution in [0.15, 0.2) is 64.4 Å². The average Bonchev–Trinajstić information content (AvgIpc) is 3.09. The van der Waals surface area contributed by atoms with Gasteiger partial charge in [0.1, 0.15) is 11.2 Å². The van der Waals surface area contributed by atoms with Crippen LogP contribution < -0.4 is 5.56 Å². The molecule has 0 saturated carbocycles. The maximum absolute atomic E-state index is 12.8. The largest absolute Gasteiger partial charge is 0.306 e. The van der Waals surface area contributed by atoms with Gasteiger partial charge in [-0.2, -0.15) is 5.10 Å². The molecule has 4 aromatic rings. The molecule has 0 saturated heterocycles. The Balaban J connectivity index is 2.00. The van der Waals surface area contributed by atoms with E-state index < -0.39 is 15.4 Å². The number of benzene rings is 2. The Morgan fingerprint density at radius 1 is 1.00 bits per heavy atom. The van der Waals surface area contributed by atoms with Crippen LogP contribution in [-0.4, -0.2) is 34.4 Å². The highest BCUT2D eigenvalue weighted by molar-refractivity contribution is 7.90. The van der Waals surface area contributed by atoms with E-state index in [1.807, 2.05) is 42.5 Å². The van der Waals surface area contributed by atoms with Crippen molar-refractivity contribution in [1.82, 2.24) is 19.7 Å². The Morgan fingerprint density at radius 2 is 1.66 bits per heavy atom. The molecule has 0 aliphatic rings. The van der Waals surface area contributed by atoms with Crippen LogP contribution in [0.1, 0.15) is 25.3 Å². The van der Waals surface area contributed by atoms with Crippen molar-refractivity contribution >= 4 is 20.9 Å². The number of aromatic amines is 1. The molecule has 0 aliphatic heterocycles. The monoisotopic (exact) mass is 408 g/mol. The zero-order chi connectivity index (χ0) is 20.8. The second-order valence-corrected chi connectivity index (χ2v) is 9.15. The maximum Gasteiger partial charge on any atom is 0.263 e. The Morgan fingerprint density at radius 3 is 2.24 bits per heavy atom. The van der Waals surface area contributed by atoms with E-state index in [1.54, 1.807) is 12.1 Å². The van der Waals surface area contributed by atoms with Crippen LogP contribution in [0, 0.1) is 0 Å². The van der Waals surface area contributed by atoms with Crippen molar-refractivity contribution in [2.75, 3.05) is 6.26 Å². The molecule has 0 amide bonds. The SMILES string of the molecule is CC(C)c1ccc(-c2nc3c(c(S(C)(=O)=O)nn3-c3ccccc3)c(=O)[nH]2)cc1. The summed E-state index contributed by atoms with van der Waals surface area (Å²) in [7, 11) is -3.72. The summed E-state index contributed by atoms with van der Waals surface area (Å²) in [5.74, 6) is 0.741. The molecule has 2 aromatic heterocycles. The van der Waals surface area contributed by atoms with E-state index in [-0.39, 0.29) is 16.1 Å². The average molecular weight is 408 g/mol. The molecule has 8 heteroatoms. The van der Waals surface area contributed by atoms with E-state index in [2.05, 4.69) is 28.9 Å². The molecule has 148 valence electrons. The number of sulfone groups is 1.